The molecule has 0 aliphatic rings. The summed E-state index contributed by atoms with van der Waals surface area (Å²) in [4.78, 5) is 19.1. The van der Waals surface area contributed by atoms with Crippen molar-refractivity contribution in [2.75, 3.05) is 33.3 Å². The lowest BCUT2D eigenvalue weighted by Crippen LogP contribution is -2.43. The molecule has 3 N–H and O–H groups in total. The number of hydrogen-bond donors (Lipinski definition) is 3. The van der Waals surface area contributed by atoms with E-state index in [9.17, 15) is 18.0 Å². The topological polar surface area (TPSA) is 96.9 Å². The molecule has 0 aromatic carbocycles. The van der Waals surface area contributed by atoms with E-state index in [2.05, 4.69) is 25.9 Å². The van der Waals surface area contributed by atoms with Gasteiger partial charge in [0, 0.05) is 26.3 Å². The van der Waals surface area contributed by atoms with Gasteiger partial charge in [0.2, 0.25) is 5.88 Å². The summed E-state index contributed by atoms with van der Waals surface area (Å²) in [5, 5.41) is 8.28. The Morgan fingerprint density at radius 1 is 1.17 bits per heavy atom. The van der Waals surface area contributed by atoms with Crippen molar-refractivity contribution in [1.82, 2.24) is 20.9 Å². The first-order valence-corrected chi connectivity index (χ1v) is 9.07. The fourth-order valence-electron chi connectivity index (χ4n) is 1.88. The molecule has 1 aromatic heterocycles. The number of nitrogens with zero attached hydrogens (tertiary/aromatic N) is 2. The van der Waals surface area contributed by atoms with E-state index < -0.39 is 23.4 Å². The number of alkyl carbamates (subject to hydrolysis) is 1. The largest absolute Gasteiger partial charge is 0.475 e. The number of amides is 1. The van der Waals surface area contributed by atoms with Crippen molar-refractivity contribution in [2.24, 2.45) is 4.99 Å². The molecule has 172 valence electrons. The minimum atomic E-state index is -4.52. The van der Waals surface area contributed by atoms with Crippen LogP contribution >= 0.6 is 35.6 Å². The van der Waals surface area contributed by atoms with Gasteiger partial charge in [0.1, 0.15) is 17.2 Å². The summed E-state index contributed by atoms with van der Waals surface area (Å²) < 4.78 is 48.1. The highest BCUT2D eigenvalue weighted by Gasteiger charge is 2.31. The Balaban J connectivity index is 0.00000841. The molecule has 1 aromatic rings. The van der Waals surface area contributed by atoms with Crippen LogP contribution in [-0.2, 0) is 10.9 Å². The molecule has 0 unspecified atom stereocenters. The summed E-state index contributed by atoms with van der Waals surface area (Å²) >= 11 is 5.77. The van der Waals surface area contributed by atoms with Crippen LogP contribution in [0.25, 0.3) is 0 Å². The third-order valence-corrected chi connectivity index (χ3v) is 3.35. The number of rotatable bonds is 7. The summed E-state index contributed by atoms with van der Waals surface area (Å²) in [5.74, 6) is 0.358. The second kappa shape index (κ2) is 12.9. The Morgan fingerprint density at radius 3 is 2.30 bits per heavy atom. The van der Waals surface area contributed by atoms with Crippen LogP contribution in [-0.4, -0.2) is 55.9 Å². The highest BCUT2D eigenvalue weighted by Crippen LogP contribution is 2.32. The molecule has 0 saturated carbocycles. The van der Waals surface area contributed by atoms with Gasteiger partial charge in [-0.15, -0.1) is 24.0 Å². The van der Waals surface area contributed by atoms with Crippen molar-refractivity contribution in [3.05, 3.63) is 22.8 Å². The lowest BCUT2D eigenvalue weighted by atomic mass is 10.2. The van der Waals surface area contributed by atoms with Crippen LogP contribution < -0.4 is 20.7 Å². The first-order valence-electron chi connectivity index (χ1n) is 8.69. The molecule has 13 heteroatoms. The fourth-order valence-corrected chi connectivity index (χ4v) is 2.10. The first-order chi connectivity index (χ1) is 13.4. The van der Waals surface area contributed by atoms with Gasteiger partial charge in [-0.05, 0) is 26.8 Å². The number of aliphatic imine (C=N–C) groups is 1. The van der Waals surface area contributed by atoms with E-state index in [1.165, 1.54) is 0 Å². The standard InChI is InChI=1S/C17H25ClF3N5O3.HI/c1-16(2,3)29-15(27)25-6-5-23-14(22-4)24-7-8-28-13-12(18)9-11(10-26-13)17(19,20)21;/h9-10H,5-8H2,1-4H3,(H,25,27)(H2,22,23,24);1H. The minimum absolute atomic E-state index is 0. The molecule has 0 radical (unpaired) electrons. The van der Waals surface area contributed by atoms with Gasteiger partial charge in [-0.2, -0.15) is 13.2 Å². The number of hydrogen-bond acceptors (Lipinski definition) is 5. The van der Waals surface area contributed by atoms with Crippen LogP contribution in [0.2, 0.25) is 5.02 Å². The molecule has 30 heavy (non-hydrogen) atoms. The predicted octanol–water partition coefficient (Wildman–Crippen LogP) is 3.44. The van der Waals surface area contributed by atoms with Gasteiger partial charge >= 0.3 is 12.3 Å². The maximum absolute atomic E-state index is 12.6. The summed E-state index contributed by atoms with van der Waals surface area (Å²) in [7, 11) is 1.56. The van der Waals surface area contributed by atoms with Gasteiger partial charge in [-0.1, -0.05) is 11.6 Å². The van der Waals surface area contributed by atoms with Crippen LogP contribution in [0.3, 0.4) is 0 Å². The first kappa shape index (κ1) is 28.3. The van der Waals surface area contributed by atoms with E-state index >= 15 is 0 Å². The van der Waals surface area contributed by atoms with E-state index in [-0.39, 0.29) is 48.0 Å². The smallest absolute Gasteiger partial charge is 0.417 e. The van der Waals surface area contributed by atoms with Gasteiger partial charge in [0.05, 0.1) is 12.1 Å². The van der Waals surface area contributed by atoms with Gasteiger partial charge in [-0.3, -0.25) is 4.99 Å². The number of alkyl halides is 3. The molecule has 0 bridgehead atoms. The lowest BCUT2D eigenvalue weighted by molar-refractivity contribution is -0.137. The van der Waals surface area contributed by atoms with E-state index in [1.54, 1.807) is 27.8 Å². The molecule has 0 spiro atoms. The normalized spacial score (nSPS) is 11.9. The highest BCUT2D eigenvalue weighted by atomic mass is 127. The predicted molar refractivity (Wildman–Crippen MR) is 119 cm³/mol. The number of guanidine groups is 1. The molecule has 0 aliphatic carbocycles. The average Bonchev–Trinajstić information content (AvgIpc) is 2.59. The zero-order valence-corrected chi connectivity index (χ0v) is 20.1. The molecule has 1 heterocycles. The molecular formula is C17H26ClF3IN5O3. The number of pyridine rings is 1. The molecule has 8 nitrogen and oxygen atoms in total. The third-order valence-electron chi connectivity index (χ3n) is 3.08. The molecule has 0 aliphatic heterocycles. The van der Waals surface area contributed by atoms with Crippen molar-refractivity contribution < 1.29 is 27.4 Å². The Labute approximate surface area is 195 Å². The number of carbonyl (C=O) groups is 1. The van der Waals surface area contributed by atoms with Crippen molar-refractivity contribution in [3.63, 3.8) is 0 Å². The monoisotopic (exact) mass is 567 g/mol. The van der Waals surface area contributed by atoms with Crippen molar-refractivity contribution in [1.29, 1.82) is 0 Å². The van der Waals surface area contributed by atoms with E-state index in [4.69, 9.17) is 21.1 Å². The van der Waals surface area contributed by atoms with Crippen molar-refractivity contribution >= 4 is 47.6 Å². The number of aromatic nitrogens is 1. The van der Waals surface area contributed by atoms with Crippen LogP contribution in [0.1, 0.15) is 26.3 Å². The van der Waals surface area contributed by atoms with Gasteiger partial charge in [0.25, 0.3) is 0 Å². The maximum Gasteiger partial charge on any atom is 0.417 e. The second-order valence-corrected chi connectivity index (χ2v) is 7.12. The van der Waals surface area contributed by atoms with Crippen LogP contribution in [0.5, 0.6) is 5.88 Å². The number of ether oxygens (including phenoxy) is 2. The van der Waals surface area contributed by atoms with Gasteiger partial charge in [-0.25, -0.2) is 9.78 Å². The lowest BCUT2D eigenvalue weighted by Gasteiger charge is -2.20. The zero-order valence-electron chi connectivity index (χ0n) is 17.0. The molecule has 0 fully saturated rings. The molecule has 0 saturated heterocycles. The number of carbonyl (C=O) groups excluding carboxylic acids is 1. The SMILES string of the molecule is CN=C(NCCNC(=O)OC(C)(C)C)NCCOc1ncc(C(F)(F)F)cc1Cl.I. The second-order valence-electron chi connectivity index (χ2n) is 6.71. The summed E-state index contributed by atoms with van der Waals surface area (Å²) in [6.45, 7) is 6.40. The van der Waals surface area contributed by atoms with E-state index in [1.807, 2.05) is 0 Å². The Kier molecular flexibility index (Phi) is 12.1. The third kappa shape index (κ3) is 11.5. The van der Waals surface area contributed by atoms with Crippen LogP contribution in [0.15, 0.2) is 17.3 Å². The van der Waals surface area contributed by atoms with Gasteiger partial charge in [0.15, 0.2) is 5.96 Å². The quantitative estimate of drug-likeness (QED) is 0.202. The molecule has 0 atom stereocenters. The Morgan fingerprint density at radius 2 is 1.77 bits per heavy atom. The molecule has 1 rings (SSSR count). The maximum atomic E-state index is 12.6. The fraction of sp³-hybridized carbons (Fsp3) is 0.588. The van der Waals surface area contributed by atoms with E-state index in [0.29, 0.717) is 25.2 Å². The Hall–Kier alpha value is -1.70. The van der Waals surface area contributed by atoms with Crippen LogP contribution in [0, 0.1) is 0 Å². The van der Waals surface area contributed by atoms with Crippen molar-refractivity contribution in [3.8, 4) is 5.88 Å². The Bertz CT molecular complexity index is 715. The zero-order chi connectivity index (χ0) is 22.1. The number of halogens is 5. The minimum Gasteiger partial charge on any atom is -0.475 e. The average molecular weight is 568 g/mol. The van der Waals surface area contributed by atoms with Crippen LogP contribution in [0.4, 0.5) is 18.0 Å². The van der Waals surface area contributed by atoms with Gasteiger partial charge < -0.3 is 25.4 Å². The summed E-state index contributed by atoms with van der Waals surface area (Å²) in [6.07, 6.45) is -4.38. The molecule has 1 amide bonds. The van der Waals surface area contributed by atoms with E-state index in [0.717, 1.165) is 6.07 Å². The summed E-state index contributed by atoms with van der Waals surface area (Å²) in [5.41, 5.74) is -1.52. The van der Waals surface area contributed by atoms with Crippen molar-refractivity contribution in [2.45, 2.75) is 32.5 Å². The molecular weight excluding hydrogens is 542 g/mol. The highest BCUT2D eigenvalue weighted by molar-refractivity contribution is 14.0. The summed E-state index contributed by atoms with van der Waals surface area (Å²) in [6, 6.07) is 0.759. The number of nitrogens with one attached hydrogen (secondary N) is 3.